The molecule has 4 nitrogen and oxygen atoms in total. The minimum Gasteiger partial charge on any atom is -0.465 e. The van der Waals surface area contributed by atoms with Gasteiger partial charge >= 0.3 is 5.97 Å². The molecule has 0 aromatic carbocycles. The summed E-state index contributed by atoms with van der Waals surface area (Å²) in [5.74, 6) is -0.663. The van der Waals surface area contributed by atoms with Crippen LogP contribution in [0.5, 0.6) is 0 Å². The smallest absolute Gasteiger partial charge is 0.324 e. The van der Waals surface area contributed by atoms with Gasteiger partial charge in [0.25, 0.3) is 0 Å². The van der Waals surface area contributed by atoms with Crippen molar-refractivity contribution in [1.82, 2.24) is 0 Å². The topological polar surface area (TPSA) is 60.4 Å². The Morgan fingerprint density at radius 1 is 1.54 bits per heavy atom. The molecule has 0 bridgehead atoms. The van der Waals surface area contributed by atoms with Crippen molar-refractivity contribution in [1.29, 1.82) is 0 Å². The SMILES string of the molecule is CCOC(=O)C(CCBr)S(C)(=O)=O. The van der Waals surface area contributed by atoms with Gasteiger partial charge in [-0.25, -0.2) is 8.42 Å². The van der Waals surface area contributed by atoms with Gasteiger partial charge in [0.15, 0.2) is 15.1 Å². The summed E-state index contributed by atoms with van der Waals surface area (Å²) < 4.78 is 26.9. The van der Waals surface area contributed by atoms with Gasteiger partial charge in [0.2, 0.25) is 0 Å². The standard InChI is InChI=1S/C7H13BrO4S/c1-3-12-7(9)6(4-5-8)13(2,10)11/h6H,3-5H2,1-2H3. The van der Waals surface area contributed by atoms with Gasteiger partial charge in [0.1, 0.15) is 0 Å². The van der Waals surface area contributed by atoms with Crippen LogP contribution < -0.4 is 0 Å². The minimum absolute atomic E-state index is 0.202. The van der Waals surface area contributed by atoms with Crippen LogP contribution in [0.3, 0.4) is 0 Å². The molecule has 0 aromatic rings. The summed E-state index contributed by atoms with van der Waals surface area (Å²) in [6.07, 6.45) is 1.29. The Kier molecular flexibility index (Phi) is 5.55. The van der Waals surface area contributed by atoms with Crippen LogP contribution in [0.15, 0.2) is 0 Å². The zero-order valence-corrected chi connectivity index (χ0v) is 10.0. The third kappa shape index (κ3) is 4.61. The third-order valence-corrected chi connectivity index (χ3v) is 3.36. The summed E-state index contributed by atoms with van der Waals surface area (Å²) in [6, 6.07) is 0. The monoisotopic (exact) mass is 272 g/mol. The van der Waals surface area contributed by atoms with E-state index in [2.05, 4.69) is 20.7 Å². The predicted octanol–water partition coefficient (Wildman–Crippen LogP) is 0.748. The Bertz CT molecular complexity index is 260. The maximum atomic E-state index is 11.2. The molecule has 0 spiro atoms. The molecule has 1 unspecified atom stereocenters. The van der Waals surface area contributed by atoms with E-state index in [1.165, 1.54) is 0 Å². The molecule has 0 N–H and O–H groups in total. The number of carbonyl (C=O) groups is 1. The Morgan fingerprint density at radius 3 is 2.38 bits per heavy atom. The van der Waals surface area contributed by atoms with E-state index >= 15 is 0 Å². The molecule has 0 aliphatic carbocycles. The number of carbonyl (C=O) groups excluding carboxylic acids is 1. The Hall–Kier alpha value is -0.100. The number of ether oxygens (including phenoxy) is 1. The number of esters is 1. The molecule has 0 amide bonds. The summed E-state index contributed by atoms with van der Waals surface area (Å²) in [7, 11) is -3.35. The summed E-state index contributed by atoms with van der Waals surface area (Å²) >= 11 is 3.09. The Balaban J connectivity index is 4.52. The van der Waals surface area contributed by atoms with E-state index in [0.717, 1.165) is 6.26 Å². The number of alkyl halides is 1. The van der Waals surface area contributed by atoms with Crippen LogP contribution in [-0.4, -0.2) is 37.8 Å². The zero-order valence-electron chi connectivity index (χ0n) is 7.62. The van der Waals surface area contributed by atoms with E-state index in [1.54, 1.807) is 6.92 Å². The van der Waals surface area contributed by atoms with Crippen molar-refractivity contribution >= 4 is 31.7 Å². The van der Waals surface area contributed by atoms with Crippen LogP contribution >= 0.6 is 15.9 Å². The molecule has 0 aliphatic rings. The number of hydrogen-bond acceptors (Lipinski definition) is 4. The van der Waals surface area contributed by atoms with Gasteiger partial charge in [-0.15, -0.1) is 0 Å². The summed E-state index contributed by atoms with van der Waals surface area (Å²) in [4.78, 5) is 11.2. The van der Waals surface area contributed by atoms with E-state index < -0.39 is 21.1 Å². The predicted molar refractivity (Wildman–Crippen MR) is 53.7 cm³/mol. The van der Waals surface area contributed by atoms with Gasteiger partial charge in [-0.1, -0.05) is 15.9 Å². The first-order valence-corrected chi connectivity index (χ1v) is 6.92. The molecule has 0 fully saturated rings. The molecule has 0 rings (SSSR count). The highest BCUT2D eigenvalue weighted by Crippen LogP contribution is 2.08. The average molecular weight is 273 g/mol. The fourth-order valence-corrected chi connectivity index (χ4v) is 2.57. The molecule has 1 atom stereocenters. The van der Waals surface area contributed by atoms with E-state index in [1.807, 2.05) is 0 Å². The largest absolute Gasteiger partial charge is 0.465 e. The second-order valence-corrected chi connectivity index (χ2v) is 5.57. The Morgan fingerprint density at radius 2 is 2.08 bits per heavy atom. The molecule has 0 saturated carbocycles. The van der Waals surface area contributed by atoms with Crippen LogP contribution in [0.1, 0.15) is 13.3 Å². The van der Waals surface area contributed by atoms with Crippen molar-refractivity contribution in [3.05, 3.63) is 0 Å². The fraction of sp³-hybridized carbons (Fsp3) is 0.857. The van der Waals surface area contributed by atoms with Gasteiger partial charge in [-0.05, 0) is 13.3 Å². The molecule has 0 aliphatic heterocycles. The highest BCUT2D eigenvalue weighted by molar-refractivity contribution is 9.09. The maximum Gasteiger partial charge on any atom is 0.324 e. The molecule has 0 saturated heterocycles. The average Bonchev–Trinajstić information content (AvgIpc) is 1.98. The number of halogens is 1. The summed E-state index contributed by atoms with van der Waals surface area (Å²) in [5, 5.41) is -0.573. The maximum absolute atomic E-state index is 11.2. The molecule has 0 heterocycles. The molecule has 0 aromatic heterocycles. The van der Waals surface area contributed by atoms with Crippen molar-refractivity contribution in [2.75, 3.05) is 18.2 Å². The van der Waals surface area contributed by atoms with Gasteiger partial charge in [-0.3, -0.25) is 4.79 Å². The molecule has 13 heavy (non-hydrogen) atoms. The number of sulfone groups is 1. The highest BCUT2D eigenvalue weighted by Gasteiger charge is 2.29. The van der Waals surface area contributed by atoms with E-state index in [0.29, 0.717) is 5.33 Å². The van der Waals surface area contributed by atoms with Crippen molar-refractivity contribution in [3.63, 3.8) is 0 Å². The van der Waals surface area contributed by atoms with Crippen LogP contribution in [-0.2, 0) is 19.4 Å². The quantitative estimate of drug-likeness (QED) is 0.547. The van der Waals surface area contributed by atoms with E-state index in [-0.39, 0.29) is 13.0 Å². The molecule has 0 radical (unpaired) electrons. The van der Waals surface area contributed by atoms with Crippen molar-refractivity contribution in [3.8, 4) is 0 Å². The fourth-order valence-electron chi connectivity index (χ4n) is 0.841. The second kappa shape index (κ2) is 5.59. The lowest BCUT2D eigenvalue weighted by Crippen LogP contribution is -2.31. The first-order chi connectivity index (χ1) is 5.93. The lowest BCUT2D eigenvalue weighted by molar-refractivity contribution is -0.142. The normalized spacial score (nSPS) is 13.8. The summed E-state index contributed by atoms with van der Waals surface area (Å²) in [6.45, 7) is 1.85. The molecule has 6 heteroatoms. The zero-order chi connectivity index (χ0) is 10.5. The number of hydrogen-bond donors (Lipinski definition) is 0. The van der Waals surface area contributed by atoms with Crippen LogP contribution in [0.2, 0.25) is 0 Å². The van der Waals surface area contributed by atoms with E-state index in [4.69, 9.17) is 0 Å². The minimum atomic E-state index is -3.35. The number of rotatable bonds is 5. The van der Waals surface area contributed by atoms with Crippen LogP contribution in [0.25, 0.3) is 0 Å². The van der Waals surface area contributed by atoms with Gasteiger partial charge in [-0.2, -0.15) is 0 Å². The van der Waals surface area contributed by atoms with Crippen LogP contribution in [0.4, 0.5) is 0 Å². The van der Waals surface area contributed by atoms with Crippen molar-refractivity contribution in [2.24, 2.45) is 0 Å². The first-order valence-electron chi connectivity index (χ1n) is 3.85. The lowest BCUT2D eigenvalue weighted by atomic mass is 10.3. The summed E-state index contributed by atoms with van der Waals surface area (Å²) in [5.41, 5.74) is 0. The molecule has 78 valence electrons. The highest BCUT2D eigenvalue weighted by atomic mass is 79.9. The first kappa shape index (κ1) is 12.9. The molecular weight excluding hydrogens is 260 g/mol. The Labute approximate surface area is 86.7 Å². The van der Waals surface area contributed by atoms with Crippen LogP contribution in [0, 0.1) is 0 Å². The lowest BCUT2D eigenvalue weighted by Gasteiger charge is -2.11. The van der Waals surface area contributed by atoms with Crippen molar-refractivity contribution < 1.29 is 17.9 Å². The molecular formula is C7H13BrO4S. The second-order valence-electron chi connectivity index (χ2n) is 2.55. The van der Waals surface area contributed by atoms with E-state index in [9.17, 15) is 13.2 Å². The van der Waals surface area contributed by atoms with Crippen molar-refractivity contribution in [2.45, 2.75) is 18.6 Å². The van der Waals surface area contributed by atoms with Gasteiger partial charge in [0.05, 0.1) is 6.61 Å². The van der Waals surface area contributed by atoms with Gasteiger partial charge in [0, 0.05) is 11.6 Å². The van der Waals surface area contributed by atoms with Gasteiger partial charge < -0.3 is 4.74 Å². The third-order valence-electron chi connectivity index (χ3n) is 1.44.